The predicted octanol–water partition coefficient (Wildman–Crippen LogP) is 3.76. The molecule has 24 heavy (non-hydrogen) atoms. The van der Waals surface area contributed by atoms with Crippen LogP contribution in [0.4, 0.5) is 4.79 Å². The molecule has 3 N–H and O–H groups in total. The smallest absolute Gasteiger partial charge is 0.331 e. The summed E-state index contributed by atoms with van der Waals surface area (Å²) in [5, 5.41) is 11.7. The van der Waals surface area contributed by atoms with Gasteiger partial charge in [-0.3, -0.25) is 5.43 Å². The summed E-state index contributed by atoms with van der Waals surface area (Å²) >= 11 is 0. The van der Waals surface area contributed by atoms with E-state index < -0.39 is 11.3 Å². The van der Waals surface area contributed by atoms with Crippen LogP contribution in [-0.4, -0.2) is 35.0 Å². The van der Waals surface area contributed by atoms with E-state index in [9.17, 15) is 4.79 Å². The van der Waals surface area contributed by atoms with Crippen LogP contribution in [0.3, 0.4) is 0 Å². The van der Waals surface area contributed by atoms with Crippen molar-refractivity contribution in [1.82, 2.24) is 16.2 Å². The van der Waals surface area contributed by atoms with E-state index in [-0.39, 0.29) is 17.1 Å². The molecule has 0 radical (unpaired) electrons. The molecule has 0 aromatic heterocycles. The van der Waals surface area contributed by atoms with Gasteiger partial charge in [-0.1, -0.05) is 0 Å². The van der Waals surface area contributed by atoms with Crippen LogP contribution in [0.25, 0.3) is 0 Å². The Balaban J connectivity index is 5.18. The SMILES string of the molecule is CCOC(C)(C)CC(C)(N=NC(C)(C)C)NC(=O)NNC(C)(C)C. The Morgan fingerprint density at radius 1 is 0.958 bits per heavy atom. The minimum absolute atomic E-state index is 0.231. The van der Waals surface area contributed by atoms with Crippen LogP contribution in [0, 0.1) is 0 Å². The lowest BCUT2D eigenvalue weighted by atomic mass is 9.95. The van der Waals surface area contributed by atoms with E-state index in [2.05, 4.69) is 26.4 Å². The summed E-state index contributed by atoms with van der Waals surface area (Å²) in [6.45, 7) is 20.1. The van der Waals surface area contributed by atoms with Crippen LogP contribution < -0.4 is 16.2 Å². The maximum atomic E-state index is 12.2. The molecule has 0 aliphatic carbocycles. The first-order chi connectivity index (χ1) is 10.6. The molecule has 0 aromatic rings. The molecular formula is C17H37N5O2. The summed E-state index contributed by atoms with van der Waals surface area (Å²) in [7, 11) is 0. The van der Waals surface area contributed by atoms with Crippen molar-refractivity contribution in [3.63, 3.8) is 0 Å². The normalized spacial score (nSPS) is 16.1. The molecule has 0 bridgehead atoms. The summed E-state index contributed by atoms with van der Waals surface area (Å²) in [4.78, 5) is 12.2. The highest BCUT2D eigenvalue weighted by Gasteiger charge is 2.35. The molecule has 0 aliphatic rings. The van der Waals surface area contributed by atoms with E-state index in [0.717, 1.165) is 0 Å². The van der Waals surface area contributed by atoms with Gasteiger partial charge in [0, 0.05) is 18.6 Å². The lowest BCUT2D eigenvalue weighted by molar-refractivity contribution is -0.0326. The van der Waals surface area contributed by atoms with Crippen molar-refractivity contribution < 1.29 is 9.53 Å². The number of hydrogen-bond acceptors (Lipinski definition) is 5. The Bertz CT molecular complexity index is 435. The first kappa shape index (κ1) is 22.8. The molecule has 0 saturated heterocycles. The Labute approximate surface area is 147 Å². The highest BCUT2D eigenvalue weighted by atomic mass is 16.5. The molecule has 1 atom stereocenters. The lowest BCUT2D eigenvalue weighted by Gasteiger charge is -2.35. The van der Waals surface area contributed by atoms with Crippen LogP contribution in [0.15, 0.2) is 10.2 Å². The van der Waals surface area contributed by atoms with Gasteiger partial charge in [0.15, 0.2) is 5.66 Å². The van der Waals surface area contributed by atoms with Gasteiger partial charge in [0.25, 0.3) is 0 Å². The fourth-order valence-corrected chi connectivity index (χ4v) is 2.16. The zero-order valence-electron chi connectivity index (χ0n) is 17.1. The Kier molecular flexibility index (Phi) is 7.83. The van der Waals surface area contributed by atoms with Gasteiger partial charge in [-0.25, -0.2) is 10.2 Å². The molecule has 142 valence electrons. The minimum atomic E-state index is -0.879. The maximum Gasteiger partial charge on any atom is 0.331 e. The number of urea groups is 1. The summed E-state index contributed by atoms with van der Waals surface area (Å²) in [6, 6.07) is -0.354. The van der Waals surface area contributed by atoms with Crippen molar-refractivity contribution in [2.24, 2.45) is 10.2 Å². The standard InChI is InChI=1S/C17H37N5O2/c1-11-24-16(8,9)12-17(10,22-21-15(5,6)7)18-13(23)19-20-14(2,3)4/h20H,11-12H2,1-10H3,(H2,18,19,23). The zero-order chi connectivity index (χ0) is 19.2. The van der Waals surface area contributed by atoms with Crippen molar-refractivity contribution in [3.05, 3.63) is 0 Å². The van der Waals surface area contributed by atoms with Crippen LogP contribution in [0.2, 0.25) is 0 Å². The topological polar surface area (TPSA) is 87.1 Å². The molecule has 0 aromatic carbocycles. The molecule has 1 unspecified atom stereocenters. The average Bonchev–Trinajstić information content (AvgIpc) is 2.31. The van der Waals surface area contributed by atoms with Gasteiger partial charge >= 0.3 is 6.03 Å². The van der Waals surface area contributed by atoms with E-state index in [1.54, 1.807) is 0 Å². The highest BCUT2D eigenvalue weighted by molar-refractivity contribution is 5.74. The molecule has 0 fully saturated rings. The monoisotopic (exact) mass is 343 g/mol. The molecule has 2 amide bonds. The number of ether oxygens (including phenoxy) is 1. The third-order valence-electron chi connectivity index (χ3n) is 2.81. The van der Waals surface area contributed by atoms with Crippen LogP contribution in [0.5, 0.6) is 0 Å². The van der Waals surface area contributed by atoms with Gasteiger partial charge in [-0.05, 0) is 69.2 Å². The van der Waals surface area contributed by atoms with E-state index >= 15 is 0 Å². The van der Waals surface area contributed by atoms with Gasteiger partial charge in [-0.15, -0.1) is 0 Å². The van der Waals surface area contributed by atoms with Crippen LogP contribution >= 0.6 is 0 Å². The van der Waals surface area contributed by atoms with E-state index in [4.69, 9.17) is 4.74 Å². The van der Waals surface area contributed by atoms with E-state index in [1.807, 2.05) is 69.2 Å². The number of carbonyl (C=O) groups is 1. The zero-order valence-corrected chi connectivity index (χ0v) is 17.1. The van der Waals surface area contributed by atoms with Gasteiger partial charge in [0.05, 0.1) is 11.1 Å². The van der Waals surface area contributed by atoms with Gasteiger partial charge in [0.1, 0.15) is 0 Å². The molecule has 0 rings (SSSR count). The largest absolute Gasteiger partial charge is 0.376 e. The number of rotatable bonds is 7. The highest BCUT2D eigenvalue weighted by Crippen LogP contribution is 2.26. The fourth-order valence-electron chi connectivity index (χ4n) is 2.16. The average molecular weight is 344 g/mol. The van der Waals surface area contributed by atoms with Gasteiger partial charge < -0.3 is 10.1 Å². The van der Waals surface area contributed by atoms with Crippen molar-refractivity contribution in [3.8, 4) is 0 Å². The maximum absolute atomic E-state index is 12.2. The van der Waals surface area contributed by atoms with Crippen molar-refractivity contribution in [1.29, 1.82) is 0 Å². The van der Waals surface area contributed by atoms with Gasteiger partial charge in [0.2, 0.25) is 0 Å². The molecule has 0 saturated carbocycles. The Morgan fingerprint density at radius 3 is 1.92 bits per heavy atom. The second kappa shape index (κ2) is 8.25. The molecule has 7 nitrogen and oxygen atoms in total. The molecule has 7 heteroatoms. The lowest BCUT2D eigenvalue weighted by Crippen LogP contribution is -2.58. The number of azo groups is 1. The van der Waals surface area contributed by atoms with E-state index in [0.29, 0.717) is 13.0 Å². The summed E-state index contributed by atoms with van der Waals surface area (Å²) in [5.74, 6) is 0. The van der Waals surface area contributed by atoms with Crippen molar-refractivity contribution in [2.45, 2.75) is 98.0 Å². The minimum Gasteiger partial charge on any atom is -0.376 e. The number of amides is 2. The molecule has 0 spiro atoms. The van der Waals surface area contributed by atoms with Crippen LogP contribution in [0.1, 0.15) is 75.7 Å². The summed E-state index contributed by atoms with van der Waals surface area (Å²) in [5.41, 5.74) is 3.72. The van der Waals surface area contributed by atoms with Gasteiger partial charge in [-0.2, -0.15) is 10.2 Å². The molecular weight excluding hydrogens is 306 g/mol. The number of hydrazine groups is 1. The van der Waals surface area contributed by atoms with Crippen molar-refractivity contribution in [2.75, 3.05) is 6.61 Å². The third kappa shape index (κ3) is 11.3. The van der Waals surface area contributed by atoms with Crippen LogP contribution in [-0.2, 0) is 4.74 Å². The fraction of sp³-hybridized carbons (Fsp3) is 0.941. The number of carbonyl (C=O) groups excluding carboxylic acids is 1. The van der Waals surface area contributed by atoms with Crippen molar-refractivity contribution >= 4 is 6.03 Å². The first-order valence-electron chi connectivity index (χ1n) is 8.51. The Morgan fingerprint density at radius 2 is 1.50 bits per heavy atom. The molecule has 0 aliphatic heterocycles. The predicted molar refractivity (Wildman–Crippen MR) is 97.9 cm³/mol. The second-order valence-corrected chi connectivity index (χ2v) is 8.97. The number of hydrogen-bond donors (Lipinski definition) is 3. The quantitative estimate of drug-likeness (QED) is 0.486. The number of nitrogens with zero attached hydrogens (tertiary/aromatic N) is 2. The Hall–Kier alpha value is -1.21. The number of nitrogens with one attached hydrogen (secondary N) is 3. The second-order valence-electron chi connectivity index (χ2n) is 8.97. The molecule has 0 heterocycles. The summed E-state index contributed by atoms with van der Waals surface area (Å²) < 4.78 is 5.76. The summed E-state index contributed by atoms with van der Waals surface area (Å²) in [6.07, 6.45) is 0.496. The first-order valence-corrected chi connectivity index (χ1v) is 8.51. The van der Waals surface area contributed by atoms with E-state index in [1.165, 1.54) is 0 Å². The third-order valence-corrected chi connectivity index (χ3v) is 2.81.